The summed E-state index contributed by atoms with van der Waals surface area (Å²) in [7, 11) is 1.40. The van der Waals surface area contributed by atoms with Gasteiger partial charge in [0.2, 0.25) is 5.91 Å². The number of amides is 2. The number of anilines is 1. The molecule has 122 valence electrons. The summed E-state index contributed by atoms with van der Waals surface area (Å²) < 4.78 is 4.79. The number of methoxy groups -OCH3 is 1. The molecule has 1 atom stereocenters. The van der Waals surface area contributed by atoms with E-state index in [9.17, 15) is 14.4 Å². The molecule has 0 radical (unpaired) electrons. The smallest absolute Gasteiger partial charge is 0.309 e. The van der Waals surface area contributed by atoms with Gasteiger partial charge in [0.25, 0.3) is 5.91 Å². The topological polar surface area (TPSA) is 68.1 Å². The van der Waals surface area contributed by atoms with E-state index in [0.29, 0.717) is 31.6 Å². The second-order valence-electron chi connectivity index (χ2n) is 6.12. The van der Waals surface area contributed by atoms with E-state index < -0.39 is 0 Å². The van der Waals surface area contributed by atoms with E-state index in [1.807, 2.05) is 18.2 Å². The number of para-hydroxylation sites is 1. The third kappa shape index (κ3) is 2.99. The lowest BCUT2D eigenvalue weighted by atomic mass is 9.95. The highest BCUT2D eigenvalue weighted by molar-refractivity contribution is 6.21. The molecule has 1 N–H and O–H groups in total. The van der Waals surface area contributed by atoms with Crippen molar-refractivity contribution >= 4 is 23.5 Å². The monoisotopic (exact) mass is 317 g/mol. The number of carbonyl (C=O) groups is 3. The molecule has 0 saturated carbocycles. The Bertz CT molecular complexity index is 608. The number of piperidine rings is 1. The van der Waals surface area contributed by atoms with Gasteiger partial charge in [-0.2, -0.15) is 0 Å². The van der Waals surface area contributed by atoms with Crippen molar-refractivity contribution in [2.75, 3.05) is 25.1 Å². The summed E-state index contributed by atoms with van der Waals surface area (Å²) in [5, 5.41) is 0. The number of ether oxygens (including phenoxy) is 1. The summed E-state index contributed by atoms with van der Waals surface area (Å²) in [4.78, 5) is 38.9. The van der Waals surface area contributed by atoms with Crippen molar-refractivity contribution in [1.82, 2.24) is 0 Å². The first-order valence-corrected chi connectivity index (χ1v) is 7.96. The molecule has 0 spiro atoms. The second kappa shape index (κ2) is 6.50. The van der Waals surface area contributed by atoms with Crippen LogP contribution in [0.15, 0.2) is 30.3 Å². The molecular weight excluding hydrogens is 296 g/mol. The Morgan fingerprint density at radius 1 is 1.17 bits per heavy atom. The molecule has 2 fully saturated rings. The van der Waals surface area contributed by atoms with E-state index in [1.165, 1.54) is 12.0 Å². The lowest BCUT2D eigenvalue weighted by Gasteiger charge is -2.30. The average molecular weight is 317 g/mol. The number of rotatable bonds is 3. The van der Waals surface area contributed by atoms with Gasteiger partial charge in [0, 0.05) is 12.8 Å². The van der Waals surface area contributed by atoms with Crippen molar-refractivity contribution in [3.8, 4) is 0 Å². The lowest BCUT2D eigenvalue weighted by molar-refractivity contribution is -0.920. The standard InChI is InChI=1S/C17H20N2O4/c1-23-17(22)12-7-9-18(10-8-12)14-11-15(20)19(16(14)21)13-5-3-2-4-6-13/h2-6,12,14H,7-11H2,1H3/p+1/t14-/m0/s1. The van der Waals surface area contributed by atoms with Crippen LogP contribution in [0.3, 0.4) is 0 Å². The minimum Gasteiger partial charge on any atom is -0.469 e. The van der Waals surface area contributed by atoms with Crippen molar-refractivity contribution in [3.63, 3.8) is 0 Å². The predicted octanol–water partition coefficient (Wildman–Crippen LogP) is -0.214. The van der Waals surface area contributed by atoms with E-state index in [0.717, 1.165) is 4.90 Å². The number of quaternary nitrogens is 1. The Balaban J connectivity index is 1.68. The summed E-state index contributed by atoms with van der Waals surface area (Å²) in [6, 6.07) is 8.71. The SMILES string of the molecule is COC(=O)C1CC[NH+]([C@H]2CC(=O)N(c3ccccc3)C2=O)CC1. The quantitative estimate of drug-likeness (QED) is 0.618. The van der Waals surface area contributed by atoms with Gasteiger partial charge < -0.3 is 9.64 Å². The van der Waals surface area contributed by atoms with Crippen molar-refractivity contribution < 1.29 is 24.0 Å². The third-order valence-electron chi connectivity index (χ3n) is 4.82. The fraction of sp³-hybridized carbons (Fsp3) is 0.471. The van der Waals surface area contributed by atoms with Crippen LogP contribution in [-0.2, 0) is 19.1 Å². The first-order valence-electron chi connectivity index (χ1n) is 7.96. The Kier molecular flexibility index (Phi) is 4.43. The van der Waals surface area contributed by atoms with Crippen LogP contribution in [0.4, 0.5) is 5.69 Å². The Labute approximate surface area is 135 Å². The molecule has 0 aromatic heterocycles. The number of imide groups is 1. The van der Waals surface area contributed by atoms with Crippen LogP contribution in [0.25, 0.3) is 0 Å². The zero-order valence-electron chi connectivity index (χ0n) is 13.2. The van der Waals surface area contributed by atoms with Gasteiger partial charge in [-0.3, -0.25) is 14.4 Å². The van der Waals surface area contributed by atoms with Crippen LogP contribution < -0.4 is 9.80 Å². The normalized spacial score (nSPS) is 28.0. The molecule has 1 aromatic carbocycles. The first-order chi connectivity index (χ1) is 11.1. The molecule has 6 nitrogen and oxygen atoms in total. The molecule has 6 heteroatoms. The number of nitrogens with one attached hydrogen (secondary N) is 1. The third-order valence-corrected chi connectivity index (χ3v) is 4.82. The highest BCUT2D eigenvalue weighted by atomic mass is 16.5. The van der Waals surface area contributed by atoms with Crippen LogP contribution >= 0.6 is 0 Å². The van der Waals surface area contributed by atoms with Crippen molar-refractivity contribution in [2.24, 2.45) is 5.92 Å². The van der Waals surface area contributed by atoms with Crippen LogP contribution in [0, 0.1) is 5.92 Å². The molecule has 1 aromatic rings. The van der Waals surface area contributed by atoms with Crippen molar-refractivity contribution in [3.05, 3.63) is 30.3 Å². The van der Waals surface area contributed by atoms with E-state index in [2.05, 4.69) is 0 Å². The van der Waals surface area contributed by atoms with E-state index in [4.69, 9.17) is 4.74 Å². The van der Waals surface area contributed by atoms with Gasteiger partial charge in [0.1, 0.15) is 0 Å². The van der Waals surface area contributed by atoms with Gasteiger partial charge in [-0.25, -0.2) is 4.90 Å². The number of likely N-dealkylation sites (tertiary alicyclic amines) is 1. The van der Waals surface area contributed by atoms with Crippen LogP contribution in [0.5, 0.6) is 0 Å². The lowest BCUT2D eigenvalue weighted by Crippen LogP contribution is -3.17. The molecule has 0 aliphatic carbocycles. The van der Waals surface area contributed by atoms with Gasteiger partial charge in [-0.1, -0.05) is 18.2 Å². The fourth-order valence-corrected chi connectivity index (χ4v) is 3.54. The van der Waals surface area contributed by atoms with Gasteiger partial charge in [-0.05, 0) is 12.1 Å². The minimum absolute atomic E-state index is 0.0822. The molecule has 3 rings (SSSR count). The van der Waals surface area contributed by atoms with Gasteiger partial charge >= 0.3 is 5.97 Å². The maximum Gasteiger partial charge on any atom is 0.309 e. The molecule has 2 amide bonds. The molecule has 0 unspecified atom stereocenters. The maximum atomic E-state index is 12.7. The predicted molar refractivity (Wildman–Crippen MR) is 82.8 cm³/mol. The number of carbonyl (C=O) groups excluding carboxylic acids is 3. The van der Waals surface area contributed by atoms with E-state index >= 15 is 0 Å². The fourth-order valence-electron chi connectivity index (χ4n) is 3.54. The molecule has 23 heavy (non-hydrogen) atoms. The average Bonchev–Trinajstić information content (AvgIpc) is 2.89. The van der Waals surface area contributed by atoms with Gasteiger partial charge in [-0.15, -0.1) is 0 Å². The maximum absolute atomic E-state index is 12.7. The largest absolute Gasteiger partial charge is 0.469 e. The number of benzene rings is 1. The summed E-state index contributed by atoms with van der Waals surface area (Å²) >= 11 is 0. The van der Waals surface area contributed by atoms with Crippen LogP contribution in [0.2, 0.25) is 0 Å². The van der Waals surface area contributed by atoms with Crippen molar-refractivity contribution in [1.29, 1.82) is 0 Å². The van der Waals surface area contributed by atoms with E-state index in [1.54, 1.807) is 12.1 Å². The highest BCUT2D eigenvalue weighted by Crippen LogP contribution is 2.22. The Morgan fingerprint density at radius 3 is 2.43 bits per heavy atom. The van der Waals surface area contributed by atoms with Crippen LogP contribution in [0.1, 0.15) is 19.3 Å². The molecule has 2 saturated heterocycles. The minimum atomic E-state index is -0.332. The Morgan fingerprint density at radius 2 is 1.83 bits per heavy atom. The molecular formula is C17H21N2O4+. The molecule has 0 bridgehead atoms. The molecule has 2 aliphatic rings. The van der Waals surface area contributed by atoms with E-state index in [-0.39, 0.29) is 36.2 Å². The second-order valence-corrected chi connectivity index (χ2v) is 6.12. The molecule has 2 heterocycles. The van der Waals surface area contributed by atoms with Gasteiger partial charge in [0.15, 0.2) is 6.04 Å². The zero-order valence-corrected chi connectivity index (χ0v) is 13.2. The number of nitrogens with zero attached hydrogens (tertiary/aromatic N) is 1. The number of hydrogen-bond acceptors (Lipinski definition) is 4. The molecule has 2 aliphatic heterocycles. The Hall–Kier alpha value is -2.21. The number of esters is 1. The first kappa shape index (κ1) is 15.7. The van der Waals surface area contributed by atoms with Gasteiger partial charge in [0.05, 0.1) is 38.2 Å². The summed E-state index contributed by atoms with van der Waals surface area (Å²) in [6.45, 7) is 1.43. The summed E-state index contributed by atoms with van der Waals surface area (Å²) in [5.41, 5.74) is 0.633. The summed E-state index contributed by atoms with van der Waals surface area (Å²) in [5.74, 6) is -0.536. The number of hydrogen-bond donors (Lipinski definition) is 1. The highest BCUT2D eigenvalue weighted by Gasteiger charge is 2.46. The van der Waals surface area contributed by atoms with Crippen molar-refractivity contribution in [2.45, 2.75) is 25.3 Å². The van der Waals surface area contributed by atoms with Crippen LogP contribution in [-0.4, -0.2) is 44.0 Å². The summed E-state index contributed by atoms with van der Waals surface area (Å²) in [6.07, 6.45) is 1.64. The zero-order chi connectivity index (χ0) is 16.4.